The second kappa shape index (κ2) is 14.4. The van der Waals surface area contributed by atoms with E-state index in [1.807, 2.05) is 13.8 Å². The Morgan fingerprint density at radius 2 is 2.02 bits per heavy atom. The first-order chi connectivity index (χ1) is 23.3. The SMILES string of the molecule is C#C[C@@]1(C)[C@@H](COC(Cc2ccc([N+](=O)[O-])cc2)(C(=O)OCC)c2cscn2)O[C@@H](n2cnc3c(NC(C)C)nc(Cl)nc32)[C@@H]1OC(C)=O. The van der Waals surface area contributed by atoms with Gasteiger partial charge in [-0.1, -0.05) is 18.1 Å². The van der Waals surface area contributed by atoms with Crippen LogP contribution in [0.2, 0.25) is 5.28 Å². The van der Waals surface area contributed by atoms with Crippen LogP contribution in [-0.4, -0.2) is 72.8 Å². The van der Waals surface area contributed by atoms with Crippen molar-refractivity contribution >= 4 is 57.5 Å². The van der Waals surface area contributed by atoms with Crippen molar-refractivity contribution in [2.45, 2.75) is 71.1 Å². The van der Waals surface area contributed by atoms with Crippen LogP contribution in [0.5, 0.6) is 0 Å². The molecule has 1 fully saturated rings. The molecule has 0 amide bonds. The first kappa shape index (κ1) is 35.6. The van der Waals surface area contributed by atoms with Crippen LogP contribution in [0.4, 0.5) is 11.5 Å². The minimum absolute atomic E-state index is 0.00508. The molecule has 1 aliphatic rings. The first-order valence-electron chi connectivity index (χ1n) is 15.2. The lowest BCUT2D eigenvalue weighted by atomic mass is 9.81. The van der Waals surface area contributed by atoms with Crippen molar-refractivity contribution in [2.24, 2.45) is 5.41 Å². The first-order valence-corrected chi connectivity index (χ1v) is 16.5. The molecule has 0 saturated carbocycles. The van der Waals surface area contributed by atoms with Gasteiger partial charge in [-0.15, -0.1) is 17.8 Å². The zero-order valence-electron chi connectivity index (χ0n) is 27.3. The number of nitrogens with one attached hydrogen (secondary N) is 1. The maximum absolute atomic E-state index is 13.8. The summed E-state index contributed by atoms with van der Waals surface area (Å²) in [5.41, 5.74) is -0.171. The second-order valence-electron chi connectivity index (χ2n) is 11.8. The number of hydrogen-bond donors (Lipinski definition) is 1. The number of carbonyl (C=O) groups excluding carboxylic acids is 2. The van der Waals surface area contributed by atoms with E-state index in [2.05, 4.69) is 31.2 Å². The molecule has 1 unspecified atom stereocenters. The number of nitrogens with zero attached hydrogens (tertiary/aromatic N) is 6. The summed E-state index contributed by atoms with van der Waals surface area (Å²) in [7, 11) is 0. The Labute approximate surface area is 290 Å². The summed E-state index contributed by atoms with van der Waals surface area (Å²) in [6.45, 7) is 8.22. The Morgan fingerprint density at radius 1 is 1.29 bits per heavy atom. The highest BCUT2D eigenvalue weighted by Gasteiger charge is 2.57. The molecule has 15 nitrogen and oxygen atoms in total. The van der Waals surface area contributed by atoms with E-state index in [1.165, 1.54) is 48.9 Å². The number of carbonyl (C=O) groups is 2. The van der Waals surface area contributed by atoms with Gasteiger partial charge in [-0.05, 0) is 44.9 Å². The third-order valence-electron chi connectivity index (χ3n) is 8.05. The van der Waals surface area contributed by atoms with E-state index in [1.54, 1.807) is 29.3 Å². The maximum atomic E-state index is 13.8. The van der Waals surface area contributed by atoms with Gasteiger partial charge in [0, 0.05) is 36.9 Å². The minimum Gasteiger partial charge on any atom is -0.464 e. The Kier molecular flexibility index (Phi) is 10.5. The molecule has 1 aliphatic heterocycles. The highest BCUT2D eigenvalue weighted by atomic mass is 35.5. The number of esters is 2. The molecule has 0 spiro atoms. The zero-order chi connectivity index (χ0) is 35.5. The molecule has 1 saturated heterocycles. The highest BCUT2D eigenvalue weighted by molar-refractivity contribution is 7.07. The van der Waals surface area contributed by atoms with Crippen molar-refractivity contribution in [3.05, 3.63) is 68.1 Å². The van der Waals surface area contributed by atoms with Gasteiger partial charge >= 0.3 is 11.9 Å². The van der Waals surface area contributed by atoms with Crippen LogP contribution in [0.3, 0.4) is 0 Å². The molecule has 0 aliphatic carbocycles. The largest absolute Gasteiger partial charge is 0.464 e. The van der Waals surface area contributed by atoms with Crippen LogP contribution in [0.1, 0.15) is 52.1 Å². The van der Waals surface area contributed by atoms with Crippen molar-refractivity contribution in [1.82, 2.24) is 24.5 Å². The van der Waals surface area contributed by atoms with Crippen molar-refractivity contribution in [3.63, 3.8) is 0 Å². The molecular weight excluding hydrogens is 678 g/mol. The van der Waals surface area contributed by atoms with Crippen LogP contribution in [-0.2, 0) is 40.6 Å². The molecule has 4 aromatic rings. The number of anilines is 1. The molecule has 17 heteroatoms. The minimum atomic E-state index is -1.81. The standard InChI is InChI=1S/C32H34ClN7O8S/c1-7-31(6)23(48-28(25(31)47-19(5)41)39-16-34-24-26(36-18(3)4)37-30(33)38-27(24)39)14-46-32(29(42)45-8-2,22-15-49-17-35-22)13-20-9-11-21(12-10-20)40(43)44/h1,9-12,15-18,23,25,28H,8,13-14H2,2-6H3,(H,36,37,38)/t23-,25+,28-,31+,32?/m1/s1. The smallest absolute Gasteiger partial charge is 0.345 e. The number of nitro groups is 1. The molecular formula is C32H34ClN7O8S. The summed E-state index contributed by atoms with van der Waals surface area (Å²) >= 11 is 7.55. The molecule has 0 bridgehead atoms. The molecule has 1 N–H and O–H groups in total. The van der Waals surface area contributed by atoms with Crippen LogP contribution in [0.25, 0.3) is 11.2 Å². The Morgan fingerprint density at radius 3 is 2.61 bits per heavy atom. The van der Waals surface area contributed by atoms with Gasteiger partial charge < -0.3 is 24.3 Å². The van der Waals surface area contributed by atoms with Crippen LogP contribution in [0.15, 0.2) is 41.5 Å². The van der Waals surface area contributed by atoms with Crippen LogP contribution >= 0.6 is 22.9 Å². The van der Waals surface area contributed by atoms with Crippen LogP contribution < -0.4 is 5.32 Å². The van der Waals surface area contributed by atoms with Gasteiger partial charge in [0.15, 0.2) is 29.3 Å². The Bertz CT molecular complexity index is 1880. The fourth-order valence-corrected chi connectivity index (χ4v) is 6.40. The Balaban J connectivity index is 1.56. The number of ether oxygens (including phenoxy) is 4. The number of non-ortho nitro benzene ring substituents is 1. The summed E-state index contributed by atoms with van der Waals surface area (Å²) in [4.78, 5) is 54.6. The number of rotatable bonds is 13. The summed E-state index contributed by atoms with van der Waals surface area (Å²) in [6.07, 6.45) is 4.44. The van der Waals surface area contributed by atoms with E-state index in [9.17, 15) is 19.7 Å². The molecule has 49 heavy (non-hydrogen) atoms. The quantitative estimate of drug-likeness (QED) is 0.0654. The average Bonchev–Trinajstić information content (AvgIpc) is 3.79. The number of fused-ring (bicyclic) bond motifs is 1. The van der Waals surface area contributed by atoms with Gasteiger partial charge in [-0.2, -0.15) is 9.97 Å². The lowest BCUT2D eigenvalue weighted by Gasteiger charge is -2.34. The number of aromatic nitrogens is 5. The van der Waals surface area contributed by atoms with Gasteiger partial charge in [-0.3, -0.25) is 19.5 Å². The lowest BCUT2D eigenvalue weighted by molar-refractivity contribution is -0.384. The molecule has 258 valence electrons. The number of thiazole rings is 1. The van der Waals surface area contributed by atoms with E-state index in [4.69, 9.17) is 37.0 Å². The lowest BCUT2D eigenvalue weighted by Crippen LogP contribution is -2.47. The van der Waals surface area contributed by atoms with E-state index in [0.29, 0.717) is 22.5 Å². The average molecular weight is 712 g/mol. The van der Waals surface area contributed by atoms with E-state index in [-0.39, 0.29) is 42.3 Å². The third kappa shape index (κ3) is 7.06. The van der Waals surface area contributed by atoms with Gasteiger partial charge in [0.05, 0.1) is 41.1 Å². The van der Waals surface area contributed by atoms with Crippen molar-refractivity contribution in [2.75, 3.05) is 18.5 Å². The predicted molar refractivity (Wildman–Crippen MR) is 179 cm³/mol. The normalized spacial score (nSPS) is 21.6. The number of halogens is 1. The van der Waals surface area contributed by atoms with Gasteiger partial charge in [0.25, 0.3) is 5.69 Å². The zero-order valence-corrected chi connectivity index (χ0v) is 28.9. The topological polar surface area (TPSA) is 183 Å². The van der Waals surface area contributed by atoms with E-state index < -0.39 is 46.3 Å². The summed E-state index contributed by atoms with van der Waals surface area (Å²) in [6, 6.07) is 5.75. The van der Waals surface area contributed by atoms with Gasteiger partial charge in [0.1, 0.15) is 6.10 Å². The summed E-state index contributed by atoms with van der Waals surface area (Å²) < 4.78 is 26.0. The van der Waals surface area contributed by atoms with Crippen LogP contribution in [0, 0.1) is 27.9 Å². The highest BCUT2D eigenvalue weighted by Crippen LogP contribution is 2.47. The molecule has 5 rings (SSSR count). The van der Waals surface area contributed by atoms with Crippen molar-refractivity contribution in [3.8, 4) is 12.3 Å². The van der Waals surface area contributed by atoms with E-state index >= 15 is 0 Å². The summed E-state index contributed by atoms with van der Waals surface area (Å²) in [5, 5.41) is 16.1. The molecule has 3 aromatic heterocycles. The molecule has 4 heterocycles. The number of nitro benzene ring substituents is 1. The maximum Gasteiger partial charge on any atom is 0.345 e. The van der Waals surface area contributed by atoms with E-state index in [0.717, 1.165) is 0 Å². The van der Waals surface area contributed by atoms with Gasteiger partial charge in [0.2, 0.25) is 10.9 Å². The molecule has 1 aromatic carbocycles. The van der Waals surface area contributed by atoms with Crippen molar-refractivity contribution in [1.29, 1.82) is 0 Å². The second-order valence-corrected chi connectivity index (χ2v) is 12.8. The predicted octanol–water partition coefficient (Wildman–Crippen LogP) is 4.85. The Hall–Kier alpha value is -4.69. The number of terminal acetylenes is 1. The summed E-state index contributed by atoms with van der Waals surface area (Å²) in [5.74, 6) is 1.81. The number of benzene rings is 1. The number of hydrogen-bond acceptors (Lipinski definition) is 14. The third-order valence-corrected chi connectivity index (χ3v) is 8.81. The molecule has 5 atom stereocenters. The fraction of sp³-hybridized carbons (Fsp3) is 0.438. The monoisotopic (exact) mass is 711 g/mol. The molecule has 0 radical (unpaired) electrons. The van der Waals surface area contributed by atoms with Crippen molar-refractivity contribution < 1.29 is 33.5 Å². The fourth-order valence-electron chi connectivity index (χ4n) is 5.62. The number of imidazole rings is 1. The van der Waals surface area contributed by atoms with Gasteiger partial charge in [-0.25, -0.2) is 14.8 Å².